The third-order valence-electron chi connectivity index (χ3n) is 8.70. The van der Waals surface area contributed by atoms with Crippen molar-refractivity contribution >= 4 is 43.7 Å². The maximum absolute atomic E-state index is 13.9. The first-order valence-corrected chi connectivity index (χ1v) is 20.1. The third kappa shape index (κ3) is 11.5. The molecule has 15 nitrogen and oxygen atoms in total. The van der Waals surface area contributed by atoms with Gasteiger partial charge >= 0.3 is 12.1 Å². The first-order chi connectivity index (χ1) is 26.0. The van der Waals surface area contributed by atoms with Crippen molar-refractivity contribution in [2.45, 2.75) is 54.2 Å². The highest BCUT2D eigenvalue weighted by Gasteiger charge is 2.33. The molecule has 2 heterocycles. The summed E-state index contributed by atoms with van der Waals surface area (Å²) in [6, 6.07) is 11.9. The van der Waals surface area contributed by atoms with Crippen LogP contribution < -0.4 is 30.3 Å². The van der Waals surface area contributed by atoms with Crippen LogP contribution in [0, 0.1) is 6.92 Å². The summed E-state index contributed by atoms with van der Waals surface area (Å²) in [7, 11) is -8.51. The van der Waals surface area contributed by atoms with E-state index in [1.807, 2.05) is 4.72 Å². The molecular formula is C35H41F3N6O9S2. The van der Waals surface area contributed by atoms with Gasteiger partial charge in [0.05, 0.1) is 15.4 Å². The summed E-state index contributed by atoms with van der Waals surface area (Å²) in [5.41, 5.74) is -0.421. The molecule has 1 amide bonds. The van der Waals surface area contributed by atoms with Gasteiger partial charge in [0.25, 0.3) is 16.0 Å². The Morgan fingerprint density at radius 1 is 0.982 bits per heavy atom. The fourth-order valence-electron chi connectivity index (χ4n) is 5.72. The van der Waals surface area contributed by atoms with E-state index in [4.69, 9.17) is 8.92 Å². The number of hydrogen-bond acceptors (Lipinski definition) is 12. The zero-order valence-electron chi connectivity index (χ0n) is 29.6. The number of nitrogens with zero attached hydrogens (tertiary/aromatic N) is 2. The van der Waals surface area contributed by atoms with E-state index < -0.39 is 56.3 Å². The number of carboxylic acid groups (broad SMARTS) is 1. The Kier molecular flexibility index (Phi) is 13.3. The van der Waals surface area contributed by atoms with Gasteiger partial charge in [-0.15, -0.1) is 0 Å². The topological polar surface area (TPSA) is 205 Å². The zero-order chi connectivity index (χ0) is 39.8. The van der Waals surface area contributed by atoms with Gasteiger partial charge in [0.15, 0.2) is 5.96 Å². The number of sulfonamides is 1. The number of aryl methyl sites for hydroxylation is 1. The highest BCUT2D eigenvalue weighted by molar-refractivity contribution is 7.89. The highest BCUT2D eigenvalue weighted by Crippen LogP contribution is 2.34. The molecule has 3 aromatic rings. The van der Waals surface area contributed by atoms with Crippen LogP contribution in [-0.4, -0.2) is 97.8 Å². The minimum atomic E-state index is -4.79. The number of alkyl halides is 3. The van der Waals surface area contributed by atoms with Gasteiger partial charge in [0, 0.05) is 50.0 Å². The van der Waals surface area contributed by atoms with Crippen molar-refractivity contribution in [1.29, 1.82) is 0 Å². The Hall–Kier alpha value is -4.92. The van der Waals surface area contributed by atoms with E-state index in [0.717, 1.165) is 36.7 Å². The van der Waals surface area contributed by atoms with Crippen LogP contribution in [-0.2, 0) is 35.3 Å². The summed E-state index contributed by atoms with van der Waals surface area (Å²) >= 11 is 0. The molecule has 1 atom stereocenters. The van der Waals surface area contributed by atoms with Crippen LogP contribution in [0.5, 0.6) is 5.75 Å². The average molecular weight is 811 g/mol. The van der Waals surface area contributed by atoms with E-state index in [1.165, 1.54) is 30.3 Å². The molecule has 55 heavy (non-hydrogen) atoms. The lowest BCUT2D eigenvalue weighted by Crippen LogP contribution is -2.50. The van der Waals surface area contributed by atoms with E-state index >= 15 is 0 Å². The standard InChI is InChI=1S/C35H41F3N6O9S2/c1-23-3-7-30(8-4-23)55(50,51)53-18-17-52-28-5-9-29(10-6-28)54(48,49)43-31(33(46)47)22-41-32(45)24-19-25(35(36,37)38)21-27(20-24)44-15-11-26(12-16-44)42-34-39-13-2-14-40-34/h3-10,19-21,26,31,43H,2,11-18,22H2,1H3,(H,41,45)(H,46,47)(H2,39,40,42)/t31-/m0/s1. The summed E-state index contributed by atoms with van der Waals surface area (Å²) in [5.74, 6) is -1.83. The molecule has 0 saturated carbocycles. The predicted octanol–water partition coefficient (Wildman–Crippen LogP) is 2.87. The molecule has 0 aliphatic carbocycles. The van der Waals surface area contributed by atoms with E-state index in [0.29, 0.717) is 44.5 Å². The van der Waals surface area contributed by atoms with Crippen LogP contribution in [0.4, 0.5) is 18.9 Å². The Labute approximate surface area is 316 Å². The molecular weight excluding hydrogens is 770 g/mol. The number of piperidine rings is 1. The molecule has 3 aromatic carbocycles. The number of aliphatic carboxylic acids is 1. The Morgan fingerprint density at radius 3 is 2.27 bits per heavy atom. The smallest absolute Gasteiger partial charge is 0.416 e. The monoisotopic (exact) mass is 810 g/mol. The number of hydrogen-bond donors (Lipinski definition) is 5. The lowest BCUT2D eigenvalue weighted by molar-refractivity contribution is -0.139. The van der Waals surface area contributed by atoms with Crippen molar-refractivity contribution in [2.75, 3.05) is 50.8 Å². The Morgan fingerprint density at radius 2 is 1.65 bits per heavy atom. The van der Waals surface area contributed by atoms with Crippen LogP contribution in [0.3, 0.4) is 0 Å². The van der Waals surface area contributed by atoms with Gasteiger partial charge in [-0.2, -0.15) is 26.3 Å². The molecule has 20 heteroatoms. The molecule has 5 rings (SSSR count). The molecule has 298 valence electrons. The van der Waals surface area contributed by atoms with Crippen LogP contribution in [0.1, 0.15) is 40.7 Å². The maximum Gasteiger partial charge on any atom is 0.416 e. The molecule has 0 radical (unpaired) electrons. The van der Waals surface area contributed by atoms with E-state index in [1.54, 1.807) is 24.0 Å². The van der Waals surface area contributed by atoms with Gasteiger partial charge in [0.2, 0.25) is 10.0 Å². The van der Waals surface area contributed by atoms with Crippen molar-refractivity contribution in [3.05, 3.63) is 83.4 Å². The van der Waals surface area contributed by atoms with Crippen LogP contribution in [0.2, 0.25) is 0 Å². The van der Waals surface area contributed by atoms with Crippen molar-refractivity contribution in [1.82, 2.24) is 20.7 Å². The number of nitrogens with one attached hydrogen (secondary N) is 4. The number of benzene rings is 3. The molecule has 2 aliphatic rings. The second kappa shape index (κ2) is 17.7. The van der Waals surface area contributed by atoms with Crippen molar-refractivity contribution in [2.24, 2.45) is 4.99 Å². The van der Waals surface area contributed by atoms with E-state index in [2.05, 4.69) is 20.9 Å². The van der Waals surface area contributed by atoms with E-state index in [-0.39, 0.29) is 46.0 Å². The maximum atomic E-state index is 13.9. The number of carboxylic acids is 1. The summed E-state index contributed by atoms with van der Waals surface area (Å²) in [5, 5.41) is 18.5. The number of anilines is 1. The molecule has 0 unspecified atom stereocenters. The first kappa shape index (κ1) is 41.2. The average Bonchev–Trinajstić information content (AvgIpc) is 3.15. The molecule has 1 fully saturated rings. The number of halogens is 3. The molecule has 0 aromatic heterocycles. The highest BCUT2D eigenvalue weighted by atomic mass is 32.2. The van der Waals surface area contributed by atoms with Gasteiger partial charge in [0.1, 0.15) is 25.0 Å². The van der Waals surface area contributed by atoms with E-state index in [9.17, 15) is 44.7 Å². The fraction of sp³-hybridized carbons (Fsp3) is 0.400. The largest absolute Gasteiger partial charge is 0.491 e. The Balaban J connectivity index is 1.16. The second-order valence-corrected chi connectivity index (χ2v) is 16.1. The first-order valence-electron chi connectivity index (χ1n) is 17.2. The number of aliphatic imine (C=N–C) groups is 1. The normalized spacial score (nSPS) is 16.1. The summed E-state index contributed by atoms with van der Waals surface area (Å²) in [6.45, 7) is 2.78. The van der Waals surface area contributed by atoms with Crippen LogP contribution in [0.15, 0.2) is 81.5 Å². The molecule has 0 bridgehead atoms. The van der Waals surface area contributed by atoms with Crippen molar-refractivity contribution in [3.63, 3.8) is 0 Å². The minimum Gasteiger partial charge on any atom is -0.491 e. The number of amides is 1. The van der Waals surface area contributed by atoms with Crippen LogP contribution >= 0.6 is 0 Å². The van der Waals surface area contributed by atoms with Gasteiger partial charge < -0.3 is 30.7 Å². The van der Waals surface area contributed by atoms with Crippen molar-refractivity contribution < 1.29 is 53.6 Å². The van der Waals surface area contributed by atoms with Gasteiger partial charge in [-0.1, -0.05) is 17.7 Å². The van der Waals surface area contributed by atoms with Gasteiger partial charge in [-0.25, -0.2) is 8.42 Å². The summed E-state index contributed by atoms with van der Waals surface area (Å²) in [4.78, 5) is 30.9. The number of ether oxygens (including phenoxy) is 1. The quantitative estimate of drug-likeness (QED) is 0.111. The molecule has 0 spiro atoms. The molecule has 5 N–H and O–H groups in total. The number of guanidine groups is 1. The lowest BCUT2D eigenvalue weighted by Gasteiger charge is -2.35. The number of carbonyl (C=O) groups excluding carboxylic acids is 1. The van der Waals surface area contributed by atoms with Gasteiger partial charge in [-0.05, 0) is 80.8 Å². The molecule has 1 saturated heterocycles. The number of rotatable bonds is 15. The summed E-state index contributed by atoms with van der Waals surface area (Å²) < 4.78 is 105. The number of carbonyl (C=O) groups is 2. The minimum absolute atomic E-state index is 0.0249. The second-order valence-electron chi connectivity index (χ2n) is 12.8. The zero-order valence-corrected chi connectivity index (χ0v) is 31.3. The van der Waals surface area contributed by atoms with Crippen molar-refractivity contribution in [3.8, 4) is 5.75 Å². The molecule has 2 aliphatic heterocycles. The lowest BCUT2D eigenvalue weighted by atomic mass is 10.0. The third-order valence-corrected chi connectivity index (χ3v) is 11.5. The predicted molar refractivity (Wildman–Crippen MR) is 195 cm³/mol. The summed E-state index contributed by atoms with van der Waals surface area (Å²) in [6.07, 6.45) is -2.65. The fourth-order valence-corrected chi connectivity index (χ4v) is 7.80. The Bertz CT molecular complexity index is 2080. The SMILES string of the molecule is Cc1ccc(S(=O)(=O)OCCOc2ccc(S(=O)(=O)N[C@@H](CNC(=O)c3cc(N4CCC(NC5=NCCCN5)CC4)cc(C(F)(F)F)c3)C(=O)O)cc2)cc1. The van der Waals surface area contributed by atoms with Crippen LogP contribution in [0.25, 0.3) is 0 Å². The van der Waals surface area contributed by atoms with Gasteiger partial charge in [-0.3, -0.25) is 18.8 Å².